The van der Waals surface area contributed by atoms with Crippen LogP contribution in [0.5, 0.6) is 0 Å². The molecule has 0 atom stereocenters. The Morgan fingerprint density at radius 2 is 1.96 bits per heavy atom. The predicted octanol–water partition coefficient (Wildman–Crippen LogP) is 2.31. The summed E-state index contributed by atoms with van der Waals surface area (Å²) in [6.07, 6.45) is 5.31. The van der Waals surface area contributed by atoms with Gasteiger partial charge < -0.3 is 24.8 Å². The number of fused-ring (bicyclic) bond motifs is 1. The molecule has 0 unspecified atom stereocenters. The van der Waals surface area contributed by atoms with E-state index >= 15 is 0 Å². The van der Waals surface area contributed by atoms with E-state index < -0.39 is 0 Å². The van der Waals surface area contributed by atoms with Crippen LogP contribution in [0.4, 0.5) is 0 Å². The molecule has 0 spiro atoms. The van der Waals surface area contributed by atoms with E-state index in [1.165, 1.54) is 10.9 Å². The zero-order valence-electron chi connectivity index (χ0n) is 16.9. The molecule has 1 aromatic heterocycles. The number of aliphatic imine (C=N–C) groups is 1. The third-order valence-electron chi connectivity index (χ3n) is 5.73. The molecule has 2 N–H and O–H groups in total. The zero-order valence-corrected chi connectivity index (χ0v) is 16.9. The molecule has 0 saturated carbocycles. The second-order valence-corrected chi connectivity index (χ2v) is 7.51. The molecule has 1 saturated heterocycles. The number of hydrogen-bond donors (Lipinski definition) is 2. The number of aromatic nitrogens is 1. The maximum atomic E-state index is 5.55. The molecule has 1 aliphatic rings. The summed E-state index contributed by atoms with van der Waals surface area (Å²) >= 11 is 0. The first-order valence-electron chi connectivity index (χ1n) is 9.88. The van der Waals surface area contributed by atoms with Crippen molar-refractivity contribution in [2.24, 2.45) is 4.99 Å². The number of nitrogens with zero attached hydrogens (tertiary/aromatic N) is 3. The highest BCUT2D eigenvalue weighted by Crippen LogP contribution is 2.25. The minimum absolute atomic E-state index is 0.139. The highest BCUT2D eigenvalue weighted by molar-refractivity contribution is 5.80. The average molecular weight is 372 g/mol. The van der Waals surface area contributed by atoms with E-state index in [0.29, 0.717) is 0 Å². The van der Waals surface area contributed by atoms with E-state index in [1.807, 2.05) is 7.05 Å². The van der Waals surface area contributed by atoms with Gasteiger partial charge in [0.2, 0.25) is 0 Å². The Morgan fingerprint density at radius 3 is 2.70 bits per heavy atom. The van der Waals surface area contributed by atoms with Crippen LogP contribution in [0.3, 0.4) is 0 Å². The lowest BCUT2D eigenvalue weighted by Gasteiger charge is -2.43. The lowest BCUT2D eigenvalue weighted by molar-refractivity contribution is -0.00501. The highest BCUT2D eigenvalue weighted by Gasteiger charge is 2.34. The van der Waals surface area contributed by atoms with Gasteiger partial charge in [-0.3, -0.25) is 4.99 Å². The van der Waals surface area contributed by atoms with Crippen LogP contribution in [0.25, 0.3) is 10.9 Å². The second-order valence-electron chi connectivity index (χ2n) is 7.51. The predicted molar refractivity (Wildman–Crippen MR) is 112 cm³/mol. The molecule has 1 aliphatic heterocycles. The van der Waals surface area contributed by atoms with E-state index in [9.17, 15) is 0 Å². The summed E-state index contributed by atoms with van der Waals surface area (Å²) in [5, 5.41) is 8.27. The van der Waals surface area contributed by atoms with Gasteiger partial charge in [0.15, 0.2) is 5.96 Å². The number of hydrogen-bond acceptors (Lipinski definition) is 3. The molecular formula is C21H33N5O. The standard InChI is InChI=1S/C21H33N5O/c1-22-20(24-17-21(25(2)3)10-15-27-16-11-21)23-12-6-13-26-14-9-18-7-4-5-8-19(18)26/h4-5,7-9,14H,6,10-13,15-17H2,1-3H3,(H2,22,23,24). The van der Waals surface area contributed by atoms with Crippen LogP contribution >= 0.6 is 0 Å². The molecular weight excluding hydrogens is 338 g/mol. The summed E-state index contributed by atoms with van der Waals surface area (Å²) in [5.41, 5.74) is 1.44. The molecule has 6 nitrogen and oxygen atoms in total. The molecule has 148 valence electrons. The molecule has 0 radical (unpaired) electrons. The summed E-state index contributed by atoms with van der Waals surface area (Å²) in [5.74, 6) is 0.875. The quantitative estimate of drug-likeness (QED) is 0.446. The topological polar surface area (TPSA) is 53.8 Å². The molecule has 1 aromatic carbocycles. The van der Waals surface area contributed by atoms with Crippen molar-refractivity contribution in [3.05, 3.63) is 36.5 Å². The molecule has 2 heterocycles. The fourth-order valence-electron chi connectivity index (χ4n) is 3.79. The number of aryl methyl sites for hydroxylation is 1. The van der Waals surface area contributed by atoms with Gasteiger partial charge in [-0.05, 0) is 50.9 Å². The zero-order chi connectivity index (χ0) is 19.1. The minimum atomic E-state index is 0.139. The number of guanidine groups is 1. The van der Waals surface area contributed by atoms with Crippen LogP contribution in [0.1, 0.15) is 19.3 Å². The first kappa shape index (κ1) is 19.7. The summed E-state index contributed by atoms with van der Waals surface area (Å²) < 4.78 is 7.87. The SMILES string of the molecule is CN=C(NCCCn1ccc2ccccc21)NCC1(N(C)C)CCOCC1. The number of benzene rings is 1. The van der Waals surface area contributed by atoms with E-state index in [4.69, 9.17) is 4.74 Å². The van der Waals surface area contributed by atoms with Crippen LogP contribution in [-0.2, 0) is 11.3 Å². The smallest absolute Gasteiger partial charge is 0.191 e. The highest BCUT2D eigenvalue weighted by atomic mass is 16.5. The van der Waals surface area contributed by atoms with Crippen LogP contribution in [0.15, 0.2) is 41.5 Å². The van der Waals surface area contributed by atoms with Gasteiger partial charge in [-0.2, -0.15) is 0 Å². The van der Waals surface area contributed by atoms with E-state index in [-0.39, 0.29) is 5.54 Å². The molecule has 27 heavy (non-hydrogen) atoms. The third-order valence-corrected chi connectivity index (χ3v) is 5.73. The van der Waals surface area contributed by atoms with Gasteiger partial charge in [-0.15, -0.1) is 0 Å². The van der Waals surface area contributed by atoms with E-state index in [0.717, 1.165) is 58.1 Å². The summed E-state index contributed by atoms with van der Waals surface area (Å²) in [4.78, 5) is 6.71. The number of para-hydroxylation sites is 1. The van der Waals surface area contributed by atoms with Crippen molar-refractivity contribution in [3.63, 3.8) is 0 Å². The minimum Gasteiger partial charge on any atom is -0.381 e. The van der Waals surface area contributed by atoms with Gasteiger partial charge in [-0.25, -0.2) is 0 Å². The Morgan fingerprint density at radius 1 is 1.19 bits per heavy atom. The fourth-order valence-corrected chi connectivity index (χ4v) is 3.79. The number of ether oxygens (including phenoxy) is 1. The van der Waals surface area contributed by atoms with Gasteiger partial charge in [-0.1, -0.05) is 18.2 Å². The summed E-state index contributed by atoms with van der Waals surface area (Å²) in [6, 6.07) is 10.7. The average Bonchev–Trinajstić information content (AvgIpc) is 3.11. The van der Waals surface area contributed by atoms with Crippen molar-refractivity contribution in [3.8, 4) is 0 Å². The van der Waals surface area contributed by atoms with Crippen molar-refractivity contribution >= 4 is 16.9 Å². The monoisotopic (exact) mass is 371 g/mol. The maximum absolute atomic E-state index is 5.55. The molecule has 3 rings (SSSR count). The lowest BCUT2D eigenvalue weighted by Crippen LogP contribution is -2.57. The molecule has 0 amide bonds. The van der Waals surface area contributed by atoms with Crippen molar-refractivity contribution in [2.75, 3.05) is 47.4 Å². The summed E-state index contributed by atoms with van der Waals surface area (Å²) in [7, 11) is 6.15. The Hall–Kier alpha value is -2.05. The Kier molecular flexibility index (Phi) is 6.74. The van der Waals surface area contributed by atoms with Crippen LogP contribution in [-0.4, -0.2) is 68.4 Å². The molecule has 1 fully saturated rings. The normalized spacial score (nSPS) is 17.4. The van der Waals surface area contributed by atoms with Gasteiger partial charge in [0.05, 0.1) is 0 Å². The number of likely N-dealkylation sites (N-methyl/N-ethyl adjacent to an activating group) is 1. The lowest BCUT2D eigenvalue weighted by atomic mass is 9.88. The van der Waals surface area contributed by atoms with Crippen LogP contribution in [0.2, 0.25) is 0 Å². The Labute approximate surface area is 162 Å². The van der Waals surface area contributed by atoms with Gasteiger partial charge in [0.25, 0.3) is 0 Å². The number of nitrogens with one attached hydrogen (secondary N) is 2. The van der Waals surface area contributed by atoms with Crippen molar-refractivity contribution in [1.82, 2.24) is 20.1 Å². The van der Waals surface area contributed by atoms with Crippen molar-refractivity contribution in [2.45, 2.75) is 31.3 Å². The van der Waals surface area contributed by atoms with E-state index in [1.54, 1.807) is 0 Å². The molecule has 0 bridgehead atoms. The molecule has 2 aromatic rings. The van der Waals surface area contributed by atoms with Gasteiger partial charge in [0, 0.05) is 57.1 Å². The third kappa shape index (κ3) is 4.82. The van der Waals surface area contributed by atoms with Crippen LogP contribution < -0.4 is 10.6 Å². The van der Waals surface area contributed by atoms with Gasteiger partial charge in [0.1, 0.15) is 0 Å². The molecule has 0 aliphatic carbocycles. The van der Waals surface area contributed by atoms with Crippen molar-refractivity contribution in [1.29, 1.82) is 0 Å². The second kappa shape index (κ2) is 9.24. The fraction of sp³-hybridized carbons (Fsp3) is 0.571. The summed E-state index contributed by atoms with van der Waals surface area (Å²) in [6.45, 7) is 4.43. The van der Waals surface area contributed by atoms with Crippen LogP contribution in [0, 0.1) is 0 Å². The molecule has 6 heteroatoms. The largest absolute Gasteiger partial charge is 0.381 e. The maximum Gasteiger partial charge on any atom is 0.191 e. The number of rotatable bonds is 7. The first-order valence-corrected chi connectivity index (χ1v) is 9.88. The Balaban J connectivity index is 1.45. The van der Waals surface area contributed by atoms with Gasteiger partial charge >= 0.3 is 0 Å². The van der Waals surface area contributed by atoms with E-state index in [2.05, 4.69) is 75.7 Å². The first-order chi connectivity index (χ1) is 13.1. The van der Waals surface area contributed by atoms with Crippen molar-refractivity contribution < 1.29 is 4.74 Å². The Bertz CT molecular complexity index is 746.